The van der Waals surface area contributed by atoms with Crippen LogP contribution in [0.15, 0.2) is 18.2 Å². The van der Waals surface area contributed by atoms with E-state index in [0.29, 0.717) is 18.0 Å². The highest BCUT2D eigenvalue weighted by atomic mass is 16.7. The first-order chi connectivity index (χ1) is 10.5. The van der Waals surface area contributed by atoms with E-state index in [1.807, 2.05) is 0 Å². The van der Waals surface area contributed by atoms with Gasteiger partial charge >= 0.3 is 0 Å². The van der Waals surface area contributed by atoms with Gasteiger partial charge in [-0.25, -0.2) is 0 Å². The van der Waals surface area contributed by atoms with Crippen molar-refractivity contribution in [3.63, 3.8) is 0 Å². The summed E-state index contributed by atoms with van der Waals surface area (Å²) < 4.78 is 0. The lowest BCUT2D eigenvalue weighted by atomic mass is 9.76. The fourth-order valence-corrected chi connectivity index (χ4v) is 4.42. The molecule has 0 N–H and O–H groups in total. The number of anilines is 1. The Bertz CT molecular complexity index is 597. The van der Waals surface area contributed by atoms with E-state index in [9.17, 15) is 0 Å². The van der Waals surface area contributed by atoms with Gasteiger partial charge in [-0.2, -0.15) is 5.06 Å². The number of likely N-dealkylation sites (N-methyl/N-ethyl adjacent to an activating group) is 2. The first kappa shape index (κ1) is 16.8. The van der Waals surface area contributed by atoms with Crippen molar-refractivity contribution in [3.05, 3.63) is 29.3 Å². The number of rotatable bonds is 0. The van der Waals surface area contributed by atoms with Crippen molar-refractivity contribution in [2.45, 2.75) is 65.0 Å². The standard InChI is InChI=1S/C20H32N2O/c1-19(2,3)13-9-10-16-14(11-13)15-12-23-22(8)18(20(4,5)6)17(15)21(16)7/h9-11,15,17-18H,12H2,1-8H3. The van der Waals surface area contributed by atoms with E-state index in [1.165, 1.54) is 16.8 Å². The molecular formula is C20H32N2O. The molecule has 0 radical (unpaired) electrons. The van der Waals surface area contributed by atoms with Gasteiger partial charge in [-0.05, 0) is 28.0 Å². The van der Waals surface area contributed by atoms with Crippen molar-refractivity contribution in [2.24, 2.45) is 5.41 Å². The fraction of sp³-hybridized carbons (Fsp3) is 0.700. The van der Waals surface area contributed by atoms with Crippen molar-refractivity contribution in [1.29, 1.82) is 0 Å². The van der Waals surface area contributed by atoms with Gasteiger partial charge < -0.3 is 4.90 Å². The fourth-order valence-electron chi connectivity index (χ4n) is 4.42. The molecule has 0 aromatic heterocycles. The Kier molecular flexibility index (Phi) is 3.81. The molecule has 1 fully saturated rings. The highest BCUT2D eigenvalue weighted by molar-refractivity contribution is 5.63. The minimum atomic E-state index is 0.168. The minimum Gasteiger partial charge on any atom is -0.369 e. The molecule has 3 nitrogen and oxygen atoms in total. The number of fused-ring (bicyclic) bond motifs is 3. The van der Waals surface area contributed by atoms with Crippen molar-refractivity contribution in [2.75, 3.05) is 25.6 Å². The number of hydroxylamine groups is 2. The highest BCUT2D eigenvalue weighted by Gasteiger charge is 2.50. The second kappa shape index (κ2) is 5.22. The molecule has 3 unspecified atom stereocenters. The third-order valence-corrected chi connectivity index (χ3v) is 5.59. The van der Waals surface area contributed by atoms with Crippen LogP contribution in [0, 0.1) is 5.41 Å². The summed E-state index contributed by atoms with van der Waals surface area (Å²) in [5, 5.41) is 2.09. The molecule has 2 aliphatic rings. The number of hydrogen-bond donors (Lipinski definition) is 0. The molecule has 0 bridgehead atoms. The molecule has 3 heteroatoms. The number of benzene rings is 1. The zero-order valence-corrected chi connectivity index (χ0v) is 16.0. The summed E-state index contributed by atoms with van der Waals surface area (Å²) >= 11 is 0. The van der Waals surface area contributed by atoms with Gasteiger partial charge in [-0.1, -0.05) is 53.7 Å². The molecule has 2 heterocycles. The molecule has 0 spiro atoms. The lowest BCUT2D eigenvalue weighted by Crippen LogP contribution is -2.59. The summed E-state index contributed by atoms with van der Waals surface area (Å²) in [5.74, 6) is 0.456. The Morgan fingerprint density at radius 3 is 2.26 bits per heavy atom. The summed E-state index contributed by atoms with van der Waals surface area (Å²) in [5.41, 5.74) is 4.60. The predicted molar refractivity (Wildman–Crippen MR) is 97.0 cm³/mol. The molecule has 23 heavy (non-hydrogen) atoms. The maximum Gasteiger partial charge on any atom is 0.0774 e. The van der Waals surface area contributed by atoms with Crippen LogP contribution in [-0.2, 0) is 10.3 Å². The molecule has 0 amide bonds. The smallest absolute Gasteiger partial charge is 0.0774 e. The topological polar surface area (TPSA) is 15.7 Å². The SMILES string of the molecule is CN1OCC2c3cc(C(C)(C)C)ccc3N(C)C2C1C(C)(C)C. The van der Waals surface area contributed by atoms with Crippen LogP contribution in [0.5, 0.6) is 0 Å². The van der Waals surface area contributed by atoms with Gasteiger partial charge in [0.2, 0.25) is 0 Å². The summed E-state index contributed by atoms with van der Waals surface area (Å²) in [4.78, 5) is 8.56. The Labute approximate surface area is 141 Å². The van der Waals surface area contributed by atoms with Gasteiger partial charge in [0, 0.05) is 25.7 Å². The molecule has 1 saturated heterocycles. The van der Waals surface area contributed by atoms with Crippen LogP contribution in [-0.4, -0.2) is 37.8 Å². The monoisotopic (exact) mass is 316 g/mol. The first-order valence-corrected chi connectivity index (χ1v) is 8.75. The normalized spacial score (nSPS) is 28.7. The average molecular weight is 316 g/mol. The van der Waals surface area contributed by atoms with Crippen molar-refractivity contribution in [1.82, 2.24) is 5.06 Å². The van der Waals surface area contributed by atoms with Gasteiger partial charge in [0.15, 0.2) is 0 Å². The molecule has 2 aliphatic heterocycles. The summed E-state index contributed by atoms with van der Waals surface area (Å²) in [6.45, 7) is 14.6. The third kappa shape index (κ3) is 2.68. The third-order valence-electron chi connectivity index (χ3n) is 5.59. The summed E-state index contributed by atoms with van der Waals surface area (Å²) in [6, 6.07) is 7.87. The van der Waals surface area contributed by atoms with Gasteiger partial charge in [0.05, 0.1) is 18.7 Å². The molecule has 1 aromatic carbocycles. The zero-order chi connectivity index (χ0) is 17.2. The maximum absolute atomic E-state index is 6.07. The highest BCUT2D eigenvalue weighted by Crippen LogP contribution is 2.48. The molecule has 0 aliphatic carbocycles. The largest absolute Gasteiger partial charge is 0.369 e. The zero-order valence-electron chi connectivity index (χ0n) is 16.0. The lowest BCUT2D eigenvalue weighted by molar-refractivity contribution is -0.225. The molecule has 3 rings (SSSR count). The van der Waals surface area contributed by atoms with Gasteiger partial charge in [0.25, 0.3) is 0 Å². The predicted octanol–water partition coefficient (Wildman–Crippen LogP) is 4.18. The van der Waals surface area contributed by atoms with Gasteiger partial charge in [-0.15, -0.1) is 0 Å². The van der Waals surface area contributed by atoms with E-state index >= 15 is 0 Å². The second-order valence-corrected chi connectivity index (χ2v) is 9.38. The molecule has 128 valence electrons. The van der Waals surface area contributed by atoms with Crippen molar-refractivity contribution in [3.8, 4) is 0 Å². The Hall–Kier alpha value is -1.06. The van der Waals surface area contributed by atoms with Crippen LogP contribution in [0.25, 0.3) is 0 Å². The number of nitrogens with zero attached hydrogens (tertiary/aromatic N) is 2. The Morgan fingerprint density at radius 1 is 1.04 bits per heavy atom. The minimum absolute atomic E-state index is 0.168. The molecular weight excluding hydrogens is 284 g/mol. The van der Waals surface area contributed by atoms with Crippen LogP contribution < -0.4 is 4.90 Å². The quantitative estimate of drug-likeness (QED) is 0.714. The molecule has 3 atom stereocenters. The molecule has 1 aromatic rings. The van der Waals surface area contributed by atoms with Gasteiger partial charge in [0.1, 0.15) is 0 Å². The van der Waals surface area contributed by atoms with Gasteiger partial charge in [-0.3, -0.25) is 4.84 Å². The van der Waals surface area contributed by atoms with Crippen LogP contribution in [0.4, 0.5) is 5.69 Å². The van der Waals surface area contributed by atoms with E-state index in [-0.39, 0.29) is 10.8 Å². The first-order valence-electron chi connectivity index (χ1n) is 8.75. The average Bonchev–Trinajstić information content (AvgIpc) is 2.69. The van der Waals surface area contributed by atoms with E-state index < -0.39 is 0 Å². The Balaban J connectivity index is 2.06. The summed E-state index contributed by atoms with van der Waals surface area (Å²) in [6.07, 6.45) is 0. The number of hydrogen-bond acceptors (Lipinski definition) is 3. The van der Waals surface area contributed by atoms with Crippen molar-refractivity contribution >= 4 is 5.69 Å². The molecule has 0 saturated carbocycles. The summed E-state index contributed by atoms with van der Waals surface area (Å²) in [7, 11) is 4.34. The van der Waals surface area contributed by atoms with Crippen molar-refractivity contribution < 1.29 is 4.84 Å². The van der Waals surface area contributed by atoms with E-state index in [0.717, 1.165) is 6.61 Å². The van der Waals surface area contributed by atoms with Crippen LogP contribution in [0.1, 0.15) is 58.6 Å². The second-order valence-electron chi connectivity index (χ2n) is 9.38. The Morgan fingerprint density at radius 2 is 1.70 bits per heavy atom. The van der Waals surface area contributed by atoms with E-state index in [2.05, 4.69) is 83.8 Å². The van der Waals surface area contributed by atoms with Crippen LogP contribution in [0.2, 0.25) is 0 Å². The maximum atomic E-state index is 6.07. The van der Waals surface area contributed by atoms with E-state index in [1.54, 1.807) is 0 Å². The van der Waals surface area contributed by atoms with Crippen LogP contribution >= 0.6 is 0 Å². The van der Waals surface area contributed by atoms with E-state index in [4.69, 9.17) is 4.84 Å². The lowest BCUT2D eigenvalue weighted by Gasteiger charge is -2.49. The van der Waals surface area contributed by atoms with Crippen LogP contribution in [0.3, 0.4) is 0 Å².